The lowest BCUT2D eigenvalue weighted by Gasteiger charge is -2.48. The Hall–Kier alpha value is -5.62. The van der Waals surface area contributed by atoms with E-state index in [1.165, 1.54) is 10.6 Å². The van der Waals surface area contributed by atoms with Crippen LogP contribution in [0.2, 0.25) is 5.02 Å². The van der Waals surface area contributed by atoms with Gasteiger partial charge in [-0.25, -0.2) is 18.2 Å². The van der Waals surface area contributed by atoms with Gasteiger partial charge in [-0.05, 0) is 118 Å². The zero-order valence-corrected chi connectivity index (χ0v) is 39.4. The minimum absolute atomic E-state index is 0.107. The number of aryl methyl sites for hydroxylation is 2. The zero-order valence-electron chi connectivity index (χ0n) is 38.6. The van der Waals surface area contributed by atoms with Gasteiger partial charge in [0.25, 0.3) is 5.56 Å². The fourth-order valence-corrected chi connectivity index (χ4v) is 11.8. The molecule has 4 saturated heterocycles. The number of hydrogen-bond donors (Lipinski definition) is 3. The molecule has 1 aliphatic carbocycles. The van der Waals surface area contributed by atoms with E-state index in [-0.39, 0.29) is 46.8 Å². The summed E-state index contributed by atoms with van der Waals surface area (Å²) >= 11 is 6.67. The van der Waals surface area contributed by atoms with Crippen molar-refractivity contribution in [3.05, 3.63) is 63.4 Å². The normalized spacial score (nSPS) is 25.2. The fraction of sp³-hybridized carbons (Fsp3) is 0.551. The standard InChI is InChI=1S/C49H57ClF3N11O4/c1-27-24-64(38-22-37-33(21-35(38)51)40(59-61(37)3)31-7-9-39(65)56-45(31)66)15-10-29(27)25-62-16-11-48(12-17-62)13-18-63(19-14-48)47-54-23-34(50)44(58-47)55-30-6-8-36-32(20-30)41-42(46(67)60(36)2)68-26-49(52,53)43(57-41)28-4-5-28/h6,8,20-23,27-29,31,43,57H,4-5,7,9-19,24-26H2,1-3H3,(H,54,55,58)(H,56,65,66). The molecular formula is C49H57ClF3N11O4. The van der Waals surface area contributed by atoms with Crippen LogP contribution in [-0.2, 0) is 23.7 Å². The first kappa shape index (κ1) is 44.9. The molecule has 8 heterocycles. The first-order chi connectivity index (χ1) is 32.6. The fourth-order valence-electron chi connectivity index (χ4n) is 11.7. The summed E-state index contributed by atoms with van der Waals surface area (Å²) in [6.07, 6.45) is 8.91. The van der Waals surface area contributed by atoms with Crippen molar-refractivity contribution in [2.45, 2.75) is 82.6 Å². The third-order valence-corrected chi connectivity index (χ3v) is 16.3. The number of halogens is 4. The summed E-state index contributed by atoms with van der Waals surface area (Å²) in [7, 11) is 3.42. The highest BCUT2D eigenvalue weighted by atomic mass is 35.5. The van der Waals surface area contributed by atoms with Gasteiger partial charge in [-0.2, -0.15) is 10.1 Å². The molecule has 15 nitrogen and oxygen atoms in total. The predicted octanol–water partition coefficient (Wildman–Crippen LogP) is 7.33. The predicted molar refractivity (Wildman–Crippen MR) is 255 cm³/mol. The molecule has 0 radical (unpaired) electrons. The van der Waals surface area contributed by atoms with Gasteiger partial charge < -0.3 is 34.6 Å². The van der Waals surface area contributed by atoms with Crippen molar-refractivity contribution >= 4 is 74.0 Å². The number of fused-ring (bicyclic) bond motifs is 4. The Bertz CT molecular complexity index is 2890. The summed E-state index contributed by atoms with van der Waals surface area (Å²) in [5, 5.41) is 14.9. The van der Waals surface area contributed by atoms with E-state index in [9.17, 15) is 14.4 Å². The number of nitrogens with zero attached hydrogens (tertiary/aromatic N) is 8. The molecule has 3 N–H and O–H groups in total. The van der Waals surface area contributed by atoms with Gasteiger partial charge in [-0.1, -0.05) is 18.5 Å². The average Bonchev–Trinajstić information content (AvgIpc) is 4.13. The minimum Gasteiger partial charge on any atom is -0.480 e. The molecule has 2 aromatic carbocycles. The molecule has 0 bridgehead atoms. The molecule has 1 saturated carbocycles. The van der Waals surface area contributed by atoms with Crippen LogP contribution in [0.15, 0.2) is 41.3 Å². The Balaban J connectivity index is 0.699. The number of aromatic nitrogens is 5. The number of likely N-dealkylation sites (tertiary alicyclic amines) is 1. The molecule has 1 spiro atoms. The quantitative estimate of drug-likeness (QED) is 0.134. The number of carbonyl (C=O) groups excluding carboxylic acids is 2. The number of hydrogen-bond acceptors (Lipinski definition) is 12. The molecule has 5 aromatic rings. The Morgan fingerprint density at radius 3 is 2.43 bits per heavy atom. The van der Waals surface area contributed by atoms with Crippen LogP contribution in [-0.4, -0.2) is 105 Å². The molecule has 2 amide bonds. The van der Waals surface area contributed by atoms with Crippen LogP contribution in [0.1, 0.15) is 76.3 Å². The maximum atomic E-state index is 15.9. The van der Waals surface area contributed by atoms with Gasteiger partial charge in [0.05, 0.1) is 46.3 Å². The van der Waals surface area contributed by atoms with Gasteiger partial charge in [-0.3, -0.25) is 24.4 Å². The van der Waals surface area contributed by atoms with Crippen molar-refractivity contribution < 1.29 is 27.5 Å². The summed E-state index contributed by atoms with van der Waals surface area (Å²) in [5.74, 6) is -3.12. The third-order valence-electron chi connectivity index (χ3n) is 16.1. The summed E-state index contributed by atoms with van der Waals surface area (Å²) in [5.41, 5.74) is 3.10. The molecule has 5 aliphatic heterocycles. The topological polar surface area (TPSA) is 155 Å². The van der Waals surface area contributed by atoms with Crippen molar-refractivity contribution in [1.82, 2.24) is 34.5 Å². The molecule has 360 valence electrons. The van der Waals surface area contributed by atoms with Crippen molar-refractivity contribution in [2.24, 2.45) is 37.3 Å². The van der Waals surface area contributed by atoms with Crippen LogP contribution in [0, 0.1) is 29.0 Å². The molecule has 11 rings (SSSR count). The lowest BCUT2D eigenvalue weighted by atomic mass is 9.71. The number of anilines is 5. The molecular weight excluding hydrogens is 899 g/mol. The van der Waals surface area contributed by atoms with Crippen LogP contribution < -0.4 is 36.0 Å². The largest absolute Gasteiger partial charge is 0.480 e. The number of carbonyl (C=O) groups is 2. The highest BCUT2D eigenvalue weighted by Gasteiger charge is 2.51. The van der Waals surface area contributed by atoms with Crippen LogP contribution in [0.25, 0.3) is 21.8 Å². The molecule has 6 aliphatic rings. The van der Waals surface area contributed by atoms with Crippen molar-refractivity contribution in [2.75, 3.05) is 72.9 Å². The van der Waals surface area contributed by atoms with Gasteiger partial charge in [0.15, 0.2) is 12.4 Å². The molecule has 5 fully saturated rings. The van der Waals surface area contributed by atoms with E-state index in [4.69, 9.17) is 21.3 Å². The number of benzene rings is 2. The number of amides is 2. The number of ether oxygens (including phenoxy) is 1. The number of nitrogens with one attached hydrogen (secondary N) is 3. The van der Waals surface area contributed by atoms with E-state index in [1.54, 1.807) is 24.0 Å². The van der Waals surface area contributed by atoms with E-state index >= 15 is 13.2 Å². The highest BCUT2D eigenvalue weighted by Crippen LogP contribution is 2.47. The van der Waals surface area contributed by atoms with Crippen LogP contribution in [0.4, 0.5) is 42.0 Å². The van der Waals surface area contributed by atoms with Gasteiger partial charge in [-0.15, -0.1) is 0 Å². The van der Waals surface area contributed by atoms with E-state index in [2.05, 4.69) is 47.7 Å². The van der Waals surface area contributed by atoms with E-state index in [1.807, 2.05) is 25.2 Å². The Kier molecular flexibility index (Phi) is 11.3. The minimum atomic E-state index is -3.13. The Labute approximate surface area is 396 Å². The SMILES string of the molecule is CC1CN(c2cc3c(cc2F)c(C2CCC(=O)NC2=O)nn3C)CCC1CN1CCC2(CC1)CCN(c1ncc(Cl)c(Nc3ccc4c(c3)c3c(c(=O)n4C)OCC(F)(F)C(C4CC4)N3)n1)CC2. The van der Waals surface area contributed by atoms with E-state index in [0.717, 1.165) is 83.4 Å². The Morgan fingerprint density at radius 2 is 1.69 bits per heavy atom. The van der Waals surface area contributed by atoms with Crippen molar-refractivity contribution in [3.63, 3.8) is 0 Å². The zero-order chi connectivity index (χ0) is 47.2. The van der Waals surface area contributed by atoms with E-state index in [0.29, 0.717) is 81.2 Å². The second kappa shape index (κ2) is 17.1. The van der Waals surface area contributed by atoms with Crippen LogP contribution >= 0.6 is 11.6 Å². The lowest BCUT2D eigenvalue weighted by Crippen LogP contribution is -2.49. The average molecular weight is 957 g/mol. The van der Waals surface area contributed by atoms with Gasteiger partial charge >= 0.3 is 5.92 Å². The lowest BCUT2D eigenvalue weighted by molar-refractivity contribution is -0.134. The summed E-state index contributed by atoms with van der Waals surface area (Å²) in [6, 6.07) is 7.65. The number of rotatable bonds is 8. The maximum Gasteiger partial charge on any atom is 0.301 e. The highest BCUT2D eigenvalue weighted by molar-refractivity contribution is 6.33. The van der Waals surface area contributed by atoms with Crippen LogP contribution in [0.5, 0.6) is 5.75 Å². The number of piperidine rings is 4. The second-order valence-corrected chi connectivity index (χ2v) is 20.8. The summed E-state index contributed by atoms with van der Waals surface area (Å²) < 4.78 is 55.0. The first-order valence-electron chi connectivity index (χ1n) is 24.1. The molecule has 4 atom stereocenters. The first-order valence-corrected chi connectivity index (χ1v) is 24.5. The third kappa shape index (κ3) is 8.17. The second-order valence-electron chi connectivity index (χ2n) is 20.4. The smallest absolute Gasteiger partial charge is 0.301 e. The maximum absolute atomic E-state index is 15.9. The molecule has 19 heteroatoms. The number of imide groups is 1. The van der Waals surface area contributed by atoms with Gasteiger partial charge in [0.2, 0.25) is 23.5 Å². The number of alkyl halides is 2. The van der Waals surface area contributed by atoms with Gasteiger partial charge in [0, 0.05) is 69.7 Å². The monoisotopic (exact) mass is 955 g/mol. The molecule has 4 unspecified atom stereocenters. The Morgan fingerprint density at radius 1 is 0.926 bits per heavy atom. The number of pyridine rings is 1. The summed E-state index contributed by atoms with van der Waals surface area (Å²) in [4.78, 5) is 54.2. The molecule has 3 aromatic heterocycles. The van der Waals surface area contributed by atoms with E-state index < -0.39 is 30.0 Å². The van der Waals surface area contributed by atoms with Crippen LogP contribution in [0.3, 0.4) is 0 Å². The van der Waals surface area contributed by atoms with Crippen molar-refractivity contribution in [3.8, 4) is 5.75 Å². The summed E-state index contributed by atoms with van der Waals surface area (Å²) in [6.45, 7) is 7.71. The van der Waals surface area contributed by atoms with Gasteiger partial charge in [0.1, 0.15) is 10.8 Å². The molecule has 68 heavy (non-hydrogen) atoms. The van der Waals surface area contributed by atoms with Crippen molar-refractivity contribution in [1.29, 1.82) is 0 Å².